The van der Waals surface area contributed by atoms with Gasteiger partial charge in [0.15, 0.2) is 0 Å². The molecule has 0 aliphatic heterocycles. The van der Waals surface area contributed by atoms with E-state index in [1.54, 1.807) is 0 Å². The van der Waals surface area contributed by atoms with Crippen LogP contribution in [0.3, 0.4) is 0 Å². The van der Waals surface area contributed by atoms with Crippen molar-refractivity contribution >= 4 is 16.7 Å². The second-order valence-electron chi connectivity index (χ2n) is 12.3. The number of aromatic carboxylic acids is 1. The van der Waals surface area contributed by atoms with Crippen LogP contribution in [0.2, 0.25) is 0 Å². The van der Waals surface area contributed by atoms with E-state index < -0.39 is 5.97 Å². The summed E-state index contributed by atoms with van der Waals surface area (Å²) in [5.41, 5.74) is 2.10. The third kappa shape index (κ3) is 7.98. The molecule has 0 aromatic heterocycles. The van der Waals surface area contributed by atoms with Gasteiger partial charge in [0.25, 0.3) is 0 Å². The predicted octanol–water partition coefficient (Wildman–Crippen LogP) is 8.62. The van der Waals surface area contributed by atoms with Crippen LogP contribution in [0.1, 0.15) is 97.0 Å². The number of hydrogen-bond donors (Lipinski definition) is 1. The van der Waals surface area contributed by atoms with Crippen LogP contribution in [0.5, 0.6) is 0 Å². The van der Waals surface area contributed by atoms with Crippen LogP contribution in [0.4, 0.5) is 0 Å². The highest BCUT2D eigenvalue weighted by Gasteiger charge is 2.26. The summed E-state index contributed by atoms with van der Waals surface area (Å²) in [4.78, 5) is 12.2. The highest BCUT2D eigenvalue weighted by molar-refractivity contribution is 6.05. The van der Waals surface area contributed by atoms with Crippen molar-refractivity contribution in [3.8, 4) is 0 Å². The van der Waals surface area contributed by atoms with Gasteiger partial charge in [-0.3, -0.25) is 0 Å². The van der Waals surface area contributed by atoms with E-state index >= 15 is 0 Å². The van der Waals surface area contributed by atoms with E-state index in [0.29, 0.717) is 28.7 Å². The second-order valence-corrected chi connectivity index (χ2v) is 12.3. The normalized spacial score (nSPS) is 15.6. The predicted molar refractivity (Wildman–Crippen MR) is 134 cm³/mol. The topological polar surface area (TPSA) is 37.3 Å². The van der Waals surface area contributed by atoms with E-state index in [2.05, 4.69) is 67.5 Å². The first-order valence-electron chi connectivity index (χ1n) is 12.0. The molecule has 2 aromatic rings. The summed E-state index contributed by atoms with van der Waals surface area (Å²) in [5.74, 6) is 0.908. The average Bonchev–Trinajstić information content (AvgIpc) is 2.61. The Bertz CT molecular complexity index is 866. The molecule has 0 saturated heterocycles. The quantitative estimate of drug-likeness (QED) is 0.437. The Morgan fingerprint density at radius 3 is 2.06 bits per heavy atom. The molecular formula is C29H44O2. The standard InChI is InChI=1S/C29H44O2/c1-20(18-28(3,4)5)13-14-23(21(2)19-29(6,7)8)17-24-16-15-22-11-9-10-12-25(22)26(24)27(30)31/h9-12,15-16,20-21,23H,13-14,17-19H2,1-8H3,(H,30,31). The largest absolute Gasteiger partial charge is 0.478 e. The molecular weight excluding hydrogens is 380 g/mol. The summed E-state index contributed by atoms with van der Waals surface area (Å²) in [6.45, 7) is 18.6. The molecule has 0 bridgehead atoms. The van der Waals surface area contributed by atoms with E-state index in [9.17, 15) is 9.90 Å². The molecule has 0 aliphatic rings. The Morgan fingerprint density at radius 2 is 1.48 bits per heavy atom. The Labute approximate surface area is 190 Å². The van der Waals surface area contributed by atoms with Crippen LogP contribution in [0.25, 0.3) is 10.8 Å². The van der Waals surface area contributed by atoms with Gasteiger partial charge in [-0.2, -0.15) is 0 Å². The Kier molecular flexibility index (Phi) is 8.36. The van der Waals surface area contributed by atoms with Crippen LogP contribution in [-0.4, -0.2) is 11.1 Å². The van der Waals surface area contributed by atoms with Gasteiger partial charge in [-0.15, -0.1) is 0 Å². The summed E-state index contributed by atoms with van der Waals surface area (Å²) in [6.07, 6.45) is 5.57. The number of fused-ring (bicyclic) bond motifs is 1. The zero-order valence-corrected chi connectivity index (χ0v) is 21.1. The SMILES string of the molecule is CC(CCC(Cc1ccc2ccccc2c1C(=O)O)C(C)CC(C)(C)C)CC(C)(C)C. The maximum atomic E-state index is 12.2. The number of hydrogen-bond acceptors (Lipinski definition) is 1. The van der Waals surface area contributed by atoms with Gasteiger partial charge in [-0.05, 0) is 70.6 Å². The first kappa shape index (κ1) is 25.4. The van der Waals surface area contributed by atoms with Gasteiger partial charge in [-0.1, -0.05) is 98.2 Å². The minimum atomic E-state index is -0.810. The summed E-state index contributed by atoms with van der Waals surface area (Å²) >= 11 is 0. The van der Waals surface area contributed by atoms with Crippen LogP contribution < -0.4 is 0 Å². The van der Waals surface area contributed by atoms with Gasteiger partial charge in [0.2, 0.25) is 0 Å². The lowest BCUT2D eigenvalue weighted by molar-refractivity contribution is 0.0697. The van der Waals surface area contributed by atoms with Crippen LogP contribution in [0, 0.1) is 28.6 Å². The Balaban J connectivity index is 2.32. The molecule has 0 radical (unpaired) electrons. The molecule has 0 heterocycles. The van der Waals surface area contributed by atoms with E-state index in [4.69, 9.17) is 0 Å². The van der Waals surface area contributed by atoms with Gasteiger partial charge in [0, 0.05) is 0 Å². The lowest BCUT2D eigenvalue weighted by Gasteiger charge is -2.32. The first-order valence-corrected chi connectivity index (χ1v) is 12.0. The molecule has 0 amide bonds. The molecule has 2 heteroatoms. The molecule has 0 spiro atoms. The van der Waals surface area contributed by atoms with E-state index in [1.165, 1.54) is 12.8 Å². The number of carbonyl (C=O) groups is 1. The molecule has 0 aliphatic carbocycles. The third-order valence-corrected chi connectivity index (χ3v) is 6.44. The molecule has 172 valence electrons. The lowest BCUT2D eigenvalue weighted by Crippen LogP contribution is -2.22. The van der Waals surface area contributed by atoms with Crippen LogP contribution >= 0.6 is 0 Å². The van der Waals surface area contributed by atoms with Gasteiger partial charge >= 0.3 is 5.97 Å². The smallest absolute Gasteiger partial charge is 0.336 e. The highest BCUT2D eigenvalue weighted by Crippen LogP contribution is 2.36. The fourth-order valence-corrected chi connectivity index (χ4v) is 5.39. The zero-order valence-electron chi connectivity index (χ0n) is 21.1. The molecule has 3 unspecified atom stereocenters. The molecule has 2 aromatic carbocycles. The fraction of sp³-hybridized carbons (Fsp3) is 0.621. The second kappa shape index (κ2) is 10.2. The Hall–Kier alpha value is -1.83. The van der Waals surface area contributed by atoms with E-state index in [0.717, 1.165) is 35.6 Å². The molecule has 2 rings (SSSR count). The minimum absolute atomic E-state index is 0.272. The molecule has 0 fully saturated rings. The van der Waals surface area contributed by atoms with E-state index in [1.807, 2.05) is 24.3 Å². The number of carboxylic acid groups (broad SMARTS) is 1. The summed E-state index contributed by atoms with van der Waals surface area (Å²) < 4.78 is 0. The van der Waals surface area contributed by atoms with Crippen molar-refractivity contribution in [3.63, 3.8) is 0 Å². The monoisotopic (exact) mass is 424 g/mol. The maximum absolute atomic E-state index is 12.2. The highest BCUT2D eigenvalue weighted by atomic mass is 16.4. The maximum Gasteiger partial charge on any atom is 0.336 e. The summed E-state index contributed by atoms with van der Waals surface area (Å²) in [6, 6.07) is 12.0. The van der Waals surface area contributed by atoms with Crippen molar-refractivity contribution < 1.29 is 9.90 Å². The molecule has 31 heavy (non-hydrogen) atoms. The molecule has 0 saturated carbocycles. The average molecular weight is 425 g/mol. The van der Waals surface area contributed by atoms with Crippen molar-refractivity contribution in [2.45, 2.75) is 87.5 Å². The number of rotatable bonds is 9. The van der Waals surface area contributed by atoms with Crippen molar-refractivity contribution in [3.05, 3.63) is 47.5 Å². The Morgan fingerprint density at radius 1 is 0.871 bits per heavy atom. The lowest BCUT2D eigenvalue weighted by atomic mass is 9.74. The first-order chi connectivity index (χ1) is 14.3. The van der Waals surface area contributed by atoms with Gasteiger partial charge in [-0.25, -0.2) is 4.79 Å². The molecule has 3 atom stereocenters. The fourth-order valence-electron chi connectivity index (χ4n) is 5.39. The number of benzene rings is 2. The van der Waals surface area contributed by atoms with E-state index in [-0.39, 0.29) is 5.41 Å². The third-order valence-electron chi connectivity index (χ3n) is 6.44. The molecule has 1 N–H and O–H groups in total. The van der Waals surface area contributed by atoms with Crippen LogP contribution in [-0.2, 0) is 6.42 Å². The molecule has 2 nitrogen and oxygen atoms in total. The van der Waals surface area contributed by atoms with Crippen molar-refractivity contribution in [1.29, 1.82) is 0 Å². The zero-order chi connectivity index (χ0) is 23.4. The summed E-state index contributed by atoms with van der Waals surface area (Å²) in [5, 5.41) is 11.9. The van der Waals surface area contributed by atoms with Crippen molar-refractivity contribution in [2.75, 3.05) is 0 Å². The van der Waals surface area contributed by atoms with Crippen LogP contribution in [0.15, 0.2) is 36.4 Å². The minimum Gasteiger partial charge on any atom is -0.478 e. The van der Waals surface area contributed by atoms with Gasteiger partial charge in [0.1, 0.15) is 0 Å². The van der Waals surface area contributed by atoms with Gasteiger partial charge in [0.05, 0.1) is 5.56 Å². The van der Waals surface area contributed by atoms with Crippen molar-refractivity contribution in [1.82, 2.24) is 0 Å². The number of carboxylic acids is 1. The van der Waals surface area contributed by atoms with Crippen molar-refractivity contribution in [2.24, 2.45) is 28.6 Å². The summed E-state index contributed by atoms with van der Waals surface area (Å²) in [7, 11) is 0. The van der Waals surface area contributed by atoms with Gasteiger partial charge < -0.3 is 5.11 Å².